The highest BCUT2D eigenvalue weighted by molar-refractivity contribution is 5.96. The van der Waals surface area contributed by atoms with Crippen LogP contribution in [0.3, 0.4) is 0 Å². The maximum absolute atomic E-state index is 11.8. The maximum atomic E-state index is 11.8. The fourth-order valence-electron chi connectivity index (χ4n) is 1.47. The summed E-state index contributed by atoms with van der Waals surface area (Å²) in [5.74, 6) is -1.78. The predicted octanol–water partition coefficient (Wildman–Crippen LogP) is 1.40. The number of amides is 1. The Morgan fingerprint density at radius 2 is 2.06 bits per heavy atom. The van der Waals surface area contributed by atoms with Crippen LogP contribution in [-0.2, 0) is 4.79 Å². The van der Waals surface area contributed by atoms with Crippen molar-refractivity contribution in [2.75, 3.05) is 0 Å². The highest BCUT2D eigenvalue weighted by Crippen LogP contribution is 2.07. The molecule has 18 heavy (non-hydrogen) atoms. The Bertz CT molecular complexity index is 503. The first-order valence-corrected chi connectivity index (χ1v) is 5.49. The lowest BCUT2D eigenvalue weighted by atomic mass is 10.0. The molecule has 0 aromatic heterocycles. The van der Waals surface area contributed by atoms with Crippen LogP contribution in [0.5, 0.6) is 0 Å². The number of carbonyl (C=O) groups excluding carboxylic acids is 1. The first-order chi connectivity index (χ1) is 8.45. The predicted molar refractivity (Wildman–Crippen MR) is 64.9 cm³/mol. The van der Waals surface area contributed by atoms with Crippen LogP contribution >= 0.6 is 0 Å². The normalized spacial score (nSPS) is 11.7. The quantitative estimate of drug-likeness (QED) is 0.840. The van der Waals surface area contributed by atoms with E-state index >= 15 is 0 Å². The summed E-state index contributed by atoms with van der Waals surface area (Å²) in [4.78, 5) is 22.8. The number of aliphatic carboxylic acids is 1. The van der Waals surface area contributed by atoms with Gasteiger partial charge in [0.05, 0.1) is 11.6 Å². The molecule has 0 spiro atoms. The molecule has 0 saturated carbocycles. The van der Waals surface area contributed by atoms with Gasteiger partial charge < -0.3 is 10.4 Å². The van der Waals surface area contributed by atoms with E-state index in [0.717, 1.165) is 0 Å². The summed E-state index contributed by atoms with van der Waals surface area (Å²) in [6.07, 6.45) is 0. The van der Waals surface area contributed by atoms with Gasteiger partial charge in [0, 0.05) is 5.56 Å². The zero-order valence-electron chi connectivity index (χ0n) is 10.2. The number of hydrogen-bond acceptors (Lipinski definition) is 3. The first kappa shape index (κ1) is 13.7. The van der Waals surface area contributed by atoms with Gasteiger partial charge in [-0.1, -0.05) is 19.9 Å². The second-order valence-corrected chi connectivity index (χ2v) is 4.23. The van der Waals surface area contributed by atoms with E-state index in [4.69, 9.17) is 10.4 Å². The van der Waals surface area contributed by atoms with E-state index in [-0.39, 0.29) is 11.5 Å². The van der Waals surface area contributed by atoms with Crippen molar-refractivity contribution in [2.24, 2.45) is 5.92 Å². The molecule has 5 nitrogen and oxygen atoms in total. The fourth-order valence-corrected chi connectivity index (χ4v) is 1.47. The molecule has 0 fully saturated rings. The third kappa shape index (κ3) is 3.32. The second-order valence-electron chi connectivity index (χ2n) is 4.23. The van der Waals surface area contributed by atoms with Crippen LogP contribution in [0.25, 0.3) is 0 Å². The van der Waals surface area contributed by atoms with Crippen molar-refractivity contribution in [2.45, 2.75) is 19.9 Å². The summed E-state index contributed by atoms with van der Waals surface area (Å²) < 4.78 is 0. The summed E-state index contributed by atoms with van der Waals surface area (Å²) in [7, 11) is 0. The van der Waals surface area contributed by atoms with Crippen molar-refractivity contribution in [3.8, 4) is 6.07 Å². The number of nitrogens with one attached hydrogen (secondary N) is 1. The first-order valence-electron chi connectivity index (χ1n) is 5.49. The summed E-state index contributed by atoms with van der Waals surface area (Å²) in [6.45, 7) is 3.43. The Morgan fingerprint density at radius 1 is 1.39 bits per heavy atom. The number of carbonyl (C=O) groups is 2. The Kier molecular flexibility index (Phi) is 4.44. The Hall–Kier alpha value is -2.35. The molecule has 1 aromatic carbocycles. The lowest BCUT2D eigenvalue weighted by molar-refractivity contribution is -0.140. The van der Waals surface area contributed by atoms with Crippen molar-refractivity contribution in [3.05, 3.63) is 35.4 Å². The third-order valence-electron chi connectivity index (χ3n) is 2.47. The summed E-state index contributed by atoms with van der Waals surface area (Å²) in [5.41, 5.74) is 0.639. The van der Waals surface area contributed by atoms with E-state index in [1.165, 1.54) is 12.1 Å². The van der Waals surface area contributed by atoms with E-state index in [1.54, 1.807) is 26.0 Å². The Labute approximate surface area is 105 Å². The Morgan fingerprint density at radius 3 is 2.56 bits per heavy atom. The van der Waals surface area contributed by atoms with Gasteiger partial charge in [0.25, 0.3) is 5.91 Å². The molecule has 0 heterocycles. The van der Waals surface area contributed by atoms with Crippen LogP contribution in [0.4, 0.5) is 0 Å². The minimum atomic E-state index is -1.07. The number of benzene rings is 1. The molecule has 1 unspecified atom stereocenters. The molecule has 2 N–H and O–H groups in total. The second kappa shape index (κ2) is 5.82. The fraction of sp³-hybridized carbons (Fsp3) is 0.308. The van der Waals surface area contributed by atoms with Crippen molar-refractivity contribution >= 4 is 11.9 Å². The van der Waals surface area contributed by atoms with Crippen LogP contribution in [-0.4, -0.2) is 23.0 Å². The maximum Gasteiger partial charge on any atom is 0.326 e. The molecule has 94 valence electrons. The van der Waals surface area contributed by atoms with Crippen molar-refractivity contribution in [3.63, 3.8) is 0 Å². The van der Waals surface area contributed by atoms with E-state index in [0.29, 0.717) is 5.56 Å². The van der Waals surface area contributed by atoms with E-state index in [1.807, 2.05) is 6.07 Å². The number of carboxylic acids is 1. The average Bonchev–Trinajstić information content (AvgIpc) is 2.34. The monoisotopic (exact) mass is 246 g/mol. The summed E-state index contributed by atoms with van der Waals surface area (Å²) >= 11 is 0. The topological polar surface area (TPSA) is 90.2 Å². The highest BCUT2D eigenvalue weighted by atomic mass is 16.4. The van der Waals surface area contributed by atoms with Crippen molar-refractivity contribution in [1.29, 1.82) is 5.26 Å². The molecule has 1 aromatic rings. The smallest absolute Gasteiger partial charge is 0.326 e. The van der Waals surface area contributed by atoms with Crippen molar-refractivity contribution in [1.82, 2.24) is 5.32 Å². The number of hydrogen-bond donors (Lipinski definition) is 2. The lowest BCUT2D eigenvalue weighted by Crippen LogP contribution is -2.44. The summed E-state index contributed by atoms with van der Waals surface area (Å²) in [5, 5.41) is 20.1. The summed E-state index contributed by atoms with van der Waals surface area (Å²) in [6, 6.07) is 7.10. The van der Waals surface area contributed by atoms with Crippen LogP contribution in [0.15, 0.2) is 24.3 Å². The van der Waals surface area contributed by atoms with Crippen molar-refractivity contribution < 1.29 is 14.7 Å². The van der Waals surface area contributed by atoms with Crippen LogP contribution < -0.4 is 5.32 Å². The highest BCUT2D eigenvalue weighted by Gasteiger charge is 2.23. The van der Waals surface area contributed by atoms with Gasteiger partial charge in [-0.25, -0.2) is 4.79 Å². The van der Waals surface area contributed by atoms with Gasteiger partial charge in [-0.15, -0.1) is 0 Å². The van der Waals surface area contributed by atoms with Gasteiger partial charge in [0.2, 0.25) is 0 Å². The molecule has 0 saturated heterocycles. The minimum Gasteiger partial charge on any atom is -0.480 e. The lowest BCUT2D eigenvalue weighted by Gasteiger charge is -2.17. The Balaban J connectivity index is 2.87. The molecule has 1 amide bonds. The number of rotatable bonds is 4. The van der Waals surface area contributed by atoms with Gasteiger partial charge in [-0.3, -0.25) is 4.79 Å². The zero-order valence-corrected chi connectivity index (χ0v) is 10.2. The number of nitrogens with zero attached hydrogens (tertiary/aromatic N) is 1. The molecule has 0 aliphatic rings. The minimum absolute atomic E-state index is 0.217. The van der Waals surface area contributed by atoms with Crippen LogP contribution in [0, 0.1) is 17.2 Å². The molecule has 0 bridgehead atoms. The molecular weight excluding hydrogens is 232 g/mol. The number of nitriles is 1. The van der Waals surface area contributed by atoms with E-state index in [2.05, 4.69) is 5.32 Å². The molecule has 0 aliphatic heterocycles. The standard InChI is InChI=1S/C13H14N2O3/c1-8(2)11(13(17)18)15-12(16)10-5-3-4-9(6-10)7-14/h3-6,8,11H,1-2H3,(H,15,16)(H,17,18). The van der Waals surface area contributed by atoms with Gasteiger partial charge >= 0.3 is 5.97 Å². The third-order valence-corrected chi connectivity index (χ3v) is 2.47. The molecule has 1 atom stereocenters. The van der Waals surface area contributed by atoms with Gasteiger partial charge in [-0.2, -0.15) is 5.26 Å². The molecule has 0 aliphatic carbocycles. The molecular formula is C13H14N2O3. The number of carboxylic acid groups (broad SMARTS) is 1. The van der Waals surface area contributed by atoms with Gasteiger partial charge in [0.15, 0.2) is 0 Å². The van der Waals surface area contributed by atoms with E-state index in [9.17, 15) is 9.59 Å². The zero-order chi connectivity index (χ0) is 13.7. The van der Waals surface area contributed by atoms with Gasteiger partial charge in [0.1, 0.15) is 6.04 Å². The van der Waals surface area contributed by atoms with E-state index < -0.39 is 17.9 Å². The van der Waals surface area contributed by atoms with Gasteiger partial charge in [-0.05, 0) is 24.1 Å². The molecule has 0 radical (unpaired) electrons. The molecule has 1 rings (SSSR count). The van der Waals surface area contributed by atoms with Crippen LogP contribution in [0.1, 0.15) is 29.8 Å². The van der Waals surface area contributed by atoms with Crippen LogP contribution in [0.2, 0.25) is 0 Å². The SMILES string of the molecule is CC(C)C(NC(=O)c1cccc(C#N)c1)C(=O)O. The average molecular weight is 246 g/mol. The molecule has 5 heteroatoms. The largest absolute Gasteiger partial charge is 0.480 e.